The minimum absolute atomic E-state index is 0.213. The van der Waals surface area contributed by atoms with E-state index in [-0.39, 0.29) is 17.7 Å². The molecule has 0 bridgehead atoms. The second-order valence-electron chi connectivity index (χ2n) is 6.47. The van der Waals surface area contributed by atoms with Crippen LogP contribution in [0.3, 0.4) is 0 Å². The van der Waals surface area contributed by atoms with Crippen molar-refractivity contribution in [1.29, 1.82) is 0 Å². The van der Waals surface area contributed by atoms with Gasteiger partial charge in [0.15, 0.2) is 18.1 Å². The van der Waals surface area contributed by atoms with Gasteiger partial charge in [0.2, 0.25) is 0 Å². The van der Waals surface area contributed by atoms with Gasteiger partial charge in [-0.15, -0.1) is 0 Å². The van der Waals surface area contributed by atoms with Crippen molar-refractivity contribution >= 4 is 57.5 Å². The van der Waals surface area contributed by atoms with Crippen LogP contribution in [0.4, 0.5) is 4.79 Å². The molecule has 7 nitrogen and oxygen atoms in total. The molecule has 1 aliphatic rings. The summed E-state index contributed by atoms with van der Waals surface area (Å²) < 4.78 is 11.2. The van der Waals surface area contributed by atoms with E-state index in [2.05, 4.69) is 0 Å². The number of imide groups is 1. The maximum Gasteiger partial charge on any atom is 0.341 e. The van der Waals surface area contributed by atoms with E-state index < -0.39 is 12.6 Å². The highest BCUT2D eigenvalue weighted by Crippen LogP contribution is 2.37. The zero-order valence-electron chi connectivity index (χ0n) is 16.2. The standard InChI is InChI=1S/C21H18INO6S/c1-12-3-5-13(6-4-12)10-23-20(26)17(30-21(23)27)9-14-7-15(22)19(16(8-14)28-2)29-11-18(24)25/h3-9H,10-11H2,1-2H3,(H,24,25)/b17-9-. The molecule has 9 heteroatoms. The van der Waals surface area contributed by atoms with Crippen molar-refractivity contribution in [3.63, 3.8) is 0 Å². The zero-order chi connectivity index (χ0) is 21.8. The van der Waals surface area contributed by atoms with Crippen molar-refractivity contribution < 1.29 is 29.0 Å². The van der Waals surface area contributed by atoms with Crippen molar-refractivity contribution in [2.75, 3.05) is 13.7 Å². The van der Waals surface area contributed by atoms with E-state index in [1.54, 1.807) is 18.2 Å². The molecule has 1 saturated heterocycles. The Bertz CT molecular complexity index is 1030. The van der Waals surface area contributed by atoms with E-state index in [4.69, 9.17) is 14.6 Å². The second kappa shape index (κ2) is 9.52. The van der Waals surface area contributed by atoms with Crippen LogP contribution in [0.25, 0.3) is 6.08 Å². The van der Waals surface area contributed by atoms with E-state index in [9.17, 15) is 14.4 Å². The topological polar surface area (TPSA) is 93.1 Å². The number of thioether (sulfide) groups is 1. The van der Waals surface area contributed by atoms with Crippen LogP contribution in [0.1, 0.15) is 16.7 Å². The fourth-order valence-electron chi connectivity index (χ4n) is 2.76. The van der Waals surface area contributed by atoms with Crippen LogP contribution in [0.5, 0.6) is 11.5 Å². The van der Waals surface area contributed by atoms with Crippen LogP contribution in [-0.2, 0) is 16.1 Å². The second-order valence-corrected chi connectivity index (χ2v) is 8.63. The van der Waals surface area contributed by atoms with Gasteiger partial charge in [0.1, 0.15) is 0 Å². The molecule has 0 atom stereocenters. The first kappa shape index (κ1) is 22.2. The molecule has 0 aromatic heterocycles. The number of carbonyl (C=O) groups excluding carboxylic acids is 2. The number of carbonyl (C=O) groups is 3. The Kier molecular flexibility index (Phi) is 7.03. The van der Waals surface area contributed by atoms with Crippen LogP contribution in [-0.4, -0.2) is 40.8 Å². The third-order valence-corrected chi connectivity index (χ3v) is 5.93. The summed E-state index contributed by atoms with van der Waals surface area (Å²) in [6, 6.07) is 11.0. The van der Waals surface area contributed by atoms with E-state index in [0.717, 1.165) is 22.9 Å². The number of nitrogens with zero attached hydrogens (tertiary/aromatic N) is 1. The number of hydrogen-bond donors (Lipinski definition) is 1. The largest absolute Gasteiger partial charge is 0.493 e. The summed E-state index contributed by atoms with van der Waals surface area (Å²) in [7, 11) is 1.44. The summed E-state index contributed by atoms with van der Waals surface area (Å²) in [5, 5.41) is 8.49. The lowest BCUT2D eigenvalue weighted by atomic mass is 10.1. The molecule has 30 heavy (non-hydrogen) atoms. The number of benzene rings is 2. The predicted molar refractivity (Wildman–Crippen MR) is 122 cm³/mol. The summed E-state index contributed by atoms with van der Waals surface area (Å²) >= 11 is 2.89. The first-order chi connectivity index (χ1) is 14.3. The normalized spacial score (nSPS) is 15.0. The fraction of sp³-hybridized carbons (Fsp3) is 0.190. The van der Waals surface area contributed by atoms with Crippen LogP contribution in [0, 0.1) is 10.5 Å². The molecule has 1 heterocycles. The monoisotopic (exact) mass is 539 g/mol. The summed E-state index contributed by atoms with van der Waals surface area (Å²) in [5.74, 6) is -0.802. The fourth-order valence-corrected chi connectivity index (χ4v) is 4.38. The molecule has 3 rings (SSSR count). The molecule has 0 saturated carbocycles. The summed E-state index contributed by atoms with van der Waals surface area (Å²) in [6.07, 6.45) is 1.62. The first-order valence-corrected chi connectivity index (χ1v) is 10.7. The quantitative estimate of drug-likeness (QED) is 0.414. The van der Waals surface area contributed by atoms with Gasteiger partial charge >= 0.3 is 5.97 Å². The van der Waals surface area contributed by atoms with E-state index in [1.165, 1.54) is 12.0 Å². The highest BCUT2D eigenvalue weighted by Gasteiger charge is 2.35. The number of aliphatic carboxylic acids is 1. The number of carboxylic acids is 1. The highest BCUT2D eigenvalue weighted by atomic mass is 127. The molecule has 2 aromatic rings. The van der Waals surface area contributed by atoms with Gasteiger partial charge in [0, 0.05) is 0 Å². The maximum absolute atomic E-state index is 12.8. The van der Waals surface area contributed by atoms with Gasteiger partial charge in [-0.3, -0.25) is 14.5 Å². The Hall–Kier alpha value is -2.53. The Morgan fingerprint density at radius 3 is 2.57 bits per heavy atom. The number of amides is 2. The van der Waals surface area contributed by atoms with Crippen LogP contribution < -0.4 is 9.47 Å². The van der Waals surface area contributed by atoms with Crippen molar-refractivity contribution in [2.24, 2.45) is 0 Å². The van der Waals surface area contributed by atoms with E-state index in [1.807, 2.05) is 53.8 Å². The smallest absolute Gasteiger partial charge is 0.341 e. The number of methoxy groups -OCH3 is 1. The number of ether oxygens (including phenoxy) is 2. The molecule has 1 N–H and O–H groups in total. The Morgan fingerprint density at radius 2 is 1.93 bits per heavy atom. The number of rotatable bonds is 7. The maximum atomic E-state index is 12.8. The Balaban J connectivity index is 1.83. The summed E-state index contributed by atoms with van der Waals surface area (Å²) in [6.45, 7) is 1.69. The van der Waals surface area contributed by atoms with Crippen molar-refractivity contribution in [3.05, 3.63) is 61.6 Å². The lowest BCUT2D eigenvalue weighted by molar-refractivity contribution is -0.139. The molecule has 0 unspecified atom stereocenters. The van der Waals surface area contributed by atoms with Crippen molar-refractivity contribution in [3.8, 4) is 11.5 Å². The van der Waals surface area contributed by atoms with Crippen LogP contribution >= 0.6 is 34.4 Å². The van der Waals surface area contributed by atoms with Gasteiger partial charge < -0.3 is 14.6 Å². The minimum Gasteiger partial charge on any atom is -0.493 e. The van der Waals surface area contributed by atoms with Gasteiger partial charge in [-0.2, -0.15) is 0 Å². The number of halogens is 1. The molecule has 0 aliphatic carbocycles. The number of carboxylic acid groups (broad SMARTS) is 1. The first-order valence-electron chi connectivity index (χ1n) is 8.81. The van der Waals surface area contributed by atoms with Gasteiger partial charge in [-0.1, -0.05) is 29.8 Å². The summed E-state index contributed by atoms with van der Waals surface area (Å²) in [5.41, 5.74) is 2.62. The van der Waals surface area contributed by atoms with Crippen LogP contribution in [0.15, 0.2) is 41.3 Å². The Morgan fingerprint density at radius 1 is 1.23 bits per heavy atom. The van der Waals surface area contributed by atoms with Crippen LogP contribution in [0.2, 0.25) is 0 Å². The molecule has 1 fully saturated rings. The molecule has 156 valence electrons. The lowest BCUT2D eigenvalue weighted by Gasteiger charge is -2.13. The van der Waals surface area contributed by atoms with Gasteiger partial charge in [0.25, 0.3) is 11.1 Å². The third kappa shape index (κ3) is 5.14. The molecule has 2 amide bonds. The molecule has 1 aliphatic heterocycles. The zero-order valence-corrected chi connectivity index (χ0v) is 19.2. The van der Waals surface area contributed by atoms with Crippen molar-refractivity contribution in [1.82, 2.24) is 4.90 Å². The number of hydrogen-bond acceptors (Lipinski definition) is 6. The number of aryl methyl sites for hydroxylation is 1. The molecule has 0 radical (unpaired) electrons. The average molecular weight is 539 g/mol. The highest BCUT2D eigenvalue weighted by molar-refractivity contribution is 14.1. The van der Waals surface area contributed by atoms with Crippen molar-refractivity contribution in [2.45, 2.75) is 13.5 Å². The van der Waals surface area contributed by atoms with Gasteiger partial charge in [-0.05, 0) is 70.6 Å². The lowest BCUT2D eigenvalue weighted by Crippen LogP contribution is -2.27. The minimum atomic E-state index is -1.10. The SMILES string of the molecule is COc1cc(/C=C2\SC(=O)N(Cc3ccc(C)cc3)C2=O)cc(I)c1OCC(=O)O. The molecule has 2 aromatic carbocycles. The van der Waals surface area contributed by atoms with E-state index >= 15 is 0 Å². The summed E-state index contributed by atoms with van der Waals surface area (Å²) in [4.78, 5) is 37.4. The molecular weight excluding hydrogens is 521 g/mol. The average Bonchev–Trinajstić information content (AvgIpc) is 2.95. The third-order valence-electron chi connectivity index (χ3n) is 4.22. The molecular formula is C21H18INO6S. The van der Waals surface area contributed by atoms with E-state index in [0.29, 0.717) is 25.5 Å². The Labute approximate surface area is 191 Å². The van der Waals surface area contributed by atoms with Gasteiger partial charge in [0.05, 0.1) is 22.1 Å². The molecule has 0 spiro atoms. The van der Waals surface area contributed by atoms with Gasteiger partial charge in [-0.25, -0.2) is 4.79 Å². The predicted octanol–water partition coefficient (Wildman–Crippen LogP) is 4.31.